The first-order valence-corrected chi connectivity index (χ1v) is 3.56. The SMILES string of the molecule is CC(C)(C)C1(C)CC1O. The Labute approximate surface area is 57.1 Å². The van der Waals surface area contributed by atoms with E-state index in [1.54, 1.807) is 0 Å². The molecule has 9 heavy (non-hydrogen) atoms. The van der Waals surface area contributed by atoms with Crippen molar-refractivity contribution in [3.05, 3.63) is 0 Å². The van der Waals surface area contributed by atoms with Crippen LogP contribution in [-0.2, 0) is 0 Å². The van der Waals surface area contributed by atoms with Crippen molar-refractivity contribution in [3.8, 4) is 0 Å². The molecule has 1 saturated carbocycles. The highest BCUT2D eigenvalue weighted by Gasteiger charge is 2.56. The Morgan fingerprint density at radius 1 is 1.44 bits per heavy atom. The second-order valence-corrected chi connectivity index (χ2v) is 4.39. The van der Waals surface area contributed by atoms with Gasteiger partial charge < -0.3 is 5.11 Å². The van der Waals surface area contributed by atoms with E-state index < -0.39 is 0 Å². The molecule has 0 heterocycles. The number of hydrogen-bond acceptors (Lipinski definition) is 1. The van der Waals surface area contributed by atoms with Gasteiger partial charge in [-0.05, 0) is 11.8 Å². The summed E-state index contributed by atoms with van der Waals surface area (Å²) in [6, 6.07) is 0. The molecular weight excluding hydrogens is 112 g/mol. The summed E-state index contributed by atoms with van der Waals surface area (Å²) >= 11 is 0. The summed E-state index contributed by atoms with van der Waals surface area (Å²) < 4.78 is 0. The van der Waals surface area contributed by atoms with E-state index in [-0.39, 0.29) is 16.9 Å². The van der Waals surface area contributed by atoms with E-state index in [4.69, 9.17) is 0 Å². The Morgan fingerprint density at radius 3 is 1.78 bits per heavy atom. The van der Waals surface area contributed by atoms with Crippen LogP contribution in [0.15, 0.2) is 0 Å². The van der Waals surface area contributed by atoms with Crippen LogP contribution in [0.3, 0.4) is 0 Å². The van der Waals surface area contributed by atoms with Crippen LogP contribution in [0.25, 0.3) is 0 Å². The predicted molar refractivity (Wildman–Crippen MR) is 38.2 cm³/mol. The molecule has 2 unspecified atom stereocenters. The summed E-state index contributed by atoms with van der Waals surface area (Å²) in [6.07, 6.45) is 0.939. The van der Waals surface area contributed by atoms with Crippen molar-refractivity contribution in [1.82, 2.24) is 0 Å². The lowest BCUT2D eigenvalue weighted by Crippen LogP contribution is -2.21. The first-order chi connectivity index (χ1) is 3.88. The molecule has 0 amide bonds. The van der Waals surface area contributed by atoms with Gasteiger partial charge in [-0.1, -0.05) is 27.7 Å². The highest BCUT2D eigenvalue weighted by molar-refractivity contribution is 5.06. The first kappa shape index (κ1) is 7.07. The Bertz CT molecular complexity index is 123. The van der Waals surface area contributed by atoms with Gasteiger partial charge in [-0.15, -0.1) is 0 Å². The summed E-state index contributed by atoms with van der Waals surface area (Å²) in [5.41, 5.74) is 0.472. The molecule has 0 aromatic heterocycles. The average molecular weight is 128 g/mol. The van der Waals surface area contributed by atoms with Crippen LogP contribution in [0.1, 0.15) is 34.1 Å². The average Bonchev–Trinajstić information content (AvgIpc) is 2.13. The van der Waals surface area contributed by atoms with Crippen molar-refractivity contribution in [1.29, 1.82) is 0 Å². The molecule has 2 atom stereocenters. The molecule has 1 rings (SSSR count). The standard InChI is InChI=1S/C8H16O/c1-7(2,3)8(4)5-6(8)9/h6,9H,5H2,1-4H3. The number of hydrogen-bond donors (Lipinski definition) is 1. The van der Waals surface area contributed by atoms with Crippen LogP contribution in [0.2, 0.25) is 0 Å². The third-order valence-electron chi connectivity index (χ3n) is 2.91. The fraction of sp³-hybridized carbons (Fsp3) is 1.00. The Morgan fingerprint density at radius 2 is 1.78 bits per heavy atom. The predicted octanol–water partition coefficient (Wildman–Crippen LogP) is 1.80. The maximum atomic E-state index is 9.22. The van der Waals surface area contributed by atoms with Crippen molar-refractivity contribution < 1.29 is 5.11 Å². The maximum Gasteiger partial charge on any atom is 0.0606 e. The van der Waals surface area contributed by atoms with E-state index in [1.807, 2.05) is 0 Å². The molecule has 1 fully saturated rings. The minimum Gasteiger partial charge on any atom is -0.393 e. The summed E-state index contributed by atoms with van der Waals surface area (Å²) in [4.78, 5) is 0. The van der Waals surface area contributed by atoms with Crippen LogP contribution >= 0.6 is 0 Å². The number of aliphatic hydroxyl groups is 1. The van der Waals surface area contributed by atoms with Gasteiger partial charge in [0.2, 0.25) is 0 Å². The van der Waals surface area contributed by atoms with Gasteiger partial charge >= 0.3 is 0 Å². The van der Waals surface area contributed by atoms with E-state index in [0.29, 0.717) is 0 Å². The summed E-state index contributed by atoms with van der Waals surface area (Å²) in [7, 11) is 0. The lowest BCUT2D eigenvalue weighted by atomic mass is 9.79. The van der Waals surface area contributed by atoms with E-state index in [9.17, 15) is 5.11 Å². The van der Waals surface area contributed by atoms with Crippen LogP contribution in [-0.4, -0.2) is 11.2 Å². The molecule has 1 aliphatic carbocycles. The van der Waals surface area contributed by atoms with Gasteiger partial charge in [-0.2, -0.15) is 0 Å². The van der Waals surface area contributed by atoms with Gasteiger partial charge in [-0.25, -0.2) is 0 Å². The molecule has 0 radical (unpaired) electrons. The molecule has 1 nitrogen and oxygen atoms in total. The van der Waals surface area contributed by atoms with Crippen LogP contribution in [0.4, 0.5) is 0 Å². The van der Waals surface area contributed by atoms with E-state index in [1.165, 1.54) is 0 Å². The summed E-state index contributed by atoms with van der Waals surface area (Å²) in [6.45, 7) is 8.70. The third kappa shape index (κ3) is 0.877. The number of rotatable bonds is 0. The highest BCUT2D eigenvalue weighted by Crippen LogP contribution is 2.57. The zero-order chi connectivity index (χ0) is 7.28. The molecule has 0 aromatic carbocycles. The molecule has 1 N–H and O–H groups in total. The largest absolute Gasteiger partial charge is 0.393 e. The zero-order valence-electron chi connectivity index (χ0n) is 6.73. The minimum absolute atomic E-state index is 0.0440. The molecule has 0 aromatic rings. The molecule has 0 aliphatic heterocycles. The Kier molecular flexibility index (Phi) is 1.19. The second kappa shape index (κ2) is 1.51. The topological polar surface area (TPSA) is 20.2 Å². The van der Waals surface area contributed by atoms with E-state index in [0.717, 1.165) is 6.42 Å². The van der Waals surface area contributed by atoms with Gasteiger partial charge in [-0.3, -0.25) is 0 Å². The fourth-order valence-electron chi connectivity index (χ4n) is 1.15. The highest BCUT2D eigenvalue weighted by atomic mass is 16.3. The van der Waals surface area contributed by atoms with Crippen molar-refractivity contribution >= 4 is 0 Å². The molecule has 0 spiro atoms. The fourth-order valence-corrected chi connectivity index (χ4v) is 1.15. The molecular formula is C8H16O. The van der Waals surface area contributed by atoms with Crippen molar-refractivity contribution in [2.24, 2.45) is 10.8 Å². The van der Waals surface area contributed by atoms with E-state index >= 15 is 0 Å². The van der Waals surface area contributed by atoms with Crippen LogP contribution in [0.5, 0.6) is 0 Å². The molecule has 1 aliphatic rings. The Hall–Kier alpha value is -0.0400. The lowest BCUT2D eigenvalue weighted by molar-refractivity contribution is 0.141. The van der Waals surface area contributed by atoms with Gasteiger partial charge in [0, 0.05) is 5.41 Å². The van der Waals surface area contributed by atoms with E-state index in [2.05, 4.69) is 27.7 Å². The normalized spacial score (nSPS) is 43.0. The quantitative estimate of drug-likeness (QED) is 0.527. The van der Waals surface area contributed by atoms with Crippen LogP contribution in [0, 0.1) is 10.8 Å². The van der Waals surface area contributed by atoms with Gasteiger partial charge in [0.1, 0.15) is 0 Å². The molecule has 0 bridgehead atoms. The zero-order valence-corrected chi connectivity index (χ0v) is 6.73. The van der Waals surface area contributed by atoms with Crippen LogP contribution < -0.4 is 0 Å². The molecule has 1 heteroatoms. The third-order valence-corrected chi connectivity index (χ3v) is 2.91. The molecule has 54 valence electrons. The Balaban J connectivity index is 2.64. The van der Waals surface area contributed by atoms with Crippen molar-refractivity contribution in [2.75, 3.05) is 0 Å². The number of aliphatic hydroxyl groups excluding tert-OH is 1. The lowest BCUT2D eigenvalue weighted by Gasteiger charge is -2.26. The summed E-state index contributed by atoms with van der Waals surface area (Å²) in [5.74, 6) is 0. The van der Waals surface area contributed by atoms with Crippen molar-refractivity contribution in [2.45, 2.75) is 40.2 Å². The van der Waals surface area contributed by atoms with Gasteiger partial charge in [0.25, 0.3) is 0 Å². The smallest absolute Gasteiger partial charge is 0.0606 e. The maximum absolute atomic E-state index is 9.22. The van der Waals surface area contributed by atoms with Gasteiger partial charge in [0.05, 0.1) is 6.10 Å². The second-order valence-electron chi connectivity index (χ2n) is 4.39. The first-order valence-electron chi connectivity index (χ1n) is 3.56. The monoisotopic (exact) mass is 128 g/mol. The summed E-state index contributed by atoms with van der Waals surface area (Å²) in [5, 5.41) is 9.22. The van der Waals surface area contributed by atoms with Gasteiger partial charge in [0.15, 0.2) is 0 Å². The minimum atomic E-state index is -0.0440. The molecule has 0 saturated heterocycles. The van der Waals surface area contributed by atoms with Crippen molar-refractivity contribution in [3.63, 3.8) is 0 Å².